The number of rotatable bonds is 3. The van der Waals surface area contributed by atoms with E-state index in [0.717, 1.165) is 17.8 Å². The summed E-state index contributed by atoms with van der Waals surface area (Å²) in [4.78, 5) is 16.9. The minimum atomic E-state index is -4.68. The zero-order valence-corrected chi connectivity index (χ0v) is 12.3. The first kappa shape index (κ1) is 16.0. The molecule has 0 fully saturated rings. The van der Waals surface area contributed by atoms with E-state index in [1.54, 1.807) is 31.0 Å². The number of aromatic nitrogens is 3. The number of hydrogen-bond acceptors (Lipinski definition) is 3. The number of halogens is 3. The van der Waals surface area contributed by atoms with Crippen LogP contribution < -0.4 is 0 Å². The van der Waals surface area contributed by atoms with Crippen molar-refractivity contribution in [2.24, 2.45) is 7.05 Å². The van der Waals surface area contributed by atoms with Crippen molar-refractivity contribution in [2.45, 2.75) is 19.1 Å². The molecule has 0 spiro atoms. The van der Waals surface area contributed by atoms with Gasteiger partial charge in [0.15, 0.2) is 5.69 Å². The van der Waals surface area contributed by atoms with E-state index in [-0.39, 0.29) is 0 Å². The molecule has 0 aliphatic rings. The number of hydrogen-bond donors (Lipinski definition) is 0. The summed E-state index contributed by atoms with van der Waals surface area (Å²) in [6.07, 6.45) is -0.375. The van der Waals surface area contributed by atoms with Crippen LogP contribution in [0.3, 0.4) is 0 Å². The molecule has 2 aromatic heterocycles. The van der Waals surface area contributed by atoms with Gasteiger partial charge in [0.05, 0.1) is 17.8 Å². The predicted molar refractivity (Wildman–Crippen MR) is 73.0 cm³/mol. The zero-order chi connectivity index (χ0) is 16.5. The van der Waals surface area contributed by atoms with E-state index in [1.807, 2.05) is 0 Å². The first-order valence-corrected chi connectivity index (χ1v) is 6.49. The van der Waals surface area contributed by atoms with Crippen LogP contribution in [-0.4, -0.2) is 32.6 Å². The highest BCUT2D eigenvalue weighted by molar-refractivity contribution is 5.95. The molecule has 2 aromatic rings. The fourth-order valence-corrected chi connectivity index (χ4v) is 2.05. The quantitative estimate of drug-likeness (QED) is 0.875. The fourth-order valence-electron chi connectivity index (χ4n) is 2.05. The number of carbonyl (C=O) groups excluding carboxylic acids is 1. The lowest BCUT2D eigenvalue weighted by Gasteiger charge is -2.25. The third-order valence-electron chi connectivity index (χ3n) is 3.42. The van der Waals surface area contributed by atoms with Crippen LogP contribution in [0.4, 0.5) is 13.2 Å². The number of aryl methyl sites for hydroxylation is 1. The highest BCUT2D eigenvalue weighted by Gasteiger charge is 2.38. The zero-order valence-electron chi connectivity index (χ0n) is 12.3. The summed E-state index contributed by atoms with van der Waals surface area (Å²) in [5.41, 5.74) is -0.908. The Balaban J connectivity index is 2.32. The molecule has 2 rings (SSSR count). The van der Waals surface area contributed by atoms with E-state index in [2.05, 4.69) is 10.1 Å². The largest absolute Gasteiger partial charge is 0.434 e. The van der Waals surface area contributed by atoms with E-state index >= 15 is 0 Å². The second-order valence-electron chi connectivity index (χ2n) is 4.94. The second kappa shape index (κ2) is 5.78. The summed E-state index contributed by atoms with van der Waals surface area (Å²) in [6, 6.07) is 2.03. The van der Waals surface area contributed by atoms with Gasteiger partial charge in [0.2, 0.25) is 0 Å². The third-order valence-corrected chi connectivity index (χ3v) is 3.42. The van der Waals surface area contributed by atoms with Gasteiger partial charge in [0.1, 0.15) is 0 Å². The molecule has 0 unspecified atom stereocenters. The minimum absolute atomic E-state index is 0.414. The van der Waals surface area contributed by atoms with Crippen LogP contribution in [0.2, 0.25) is 0 Å². The topological polar surface area (TPSA) is 51.0 Å². The van der Waals surface area contributed by atoms with E-state index in [1.165, 1.54) is 18.0 Å². The molecule has 0 N–H and O–H groups in total. The van der Waals surface area contributed by atoms with Crippen molar-refractivity contribution < 1.29 is 18.0 Å². The minimum Gasteiger partial charge on any atom is -0.335 e. The average molecular weight is 312 g/mol. The molecule has 0 bridgehead atoms. The van der Waals surface area contributed by atoms with Crippen molar-refractivity contribution in [1.82, 2.24) is 19.7 Å². The molecule has 2 heterocycles. The molecule has 118 valence electrons. The molecule has 22 heavy (non-hydrogen) atoms. The van der Waals surface area contributed by atoms with E-state index < -0.39 is 29.4 Å². The smallest absolute Gasteiger partial charge is 0.335 e. The maximum atomic E-state index is 13.0. The number of amides is 1. The Morgan fingerprint density at radius 2 is 2.09 bits per heavy atom. The van der Waals surface area contributed by atoms with Crippen LogP contribution in [0.5, 0.6) is 0 Å². The highest BCUT2D eigenvalue weighted by Crippen LogP contribution is 2.31. The Bertz CT molecular complexity index is 681. The molecule has 0 saturated carbocycles. The number of carbonyl (C=O) groups is 1. The monoisotopic (exact) mass is 312 g/mol. The van der Waals surface area contributed by atoms with Crippen molar-refractivity contribution in [3.05, 3.63) is 47.5 Å². The summed E-state index contributed by atoms with van der Waals surface area (Å²) in [5, 5.41) is 4.00. The Kier molecular flexibility index (Phi) is 4.20. The van der Waals surface area contributed by atoms with Crippen LogP contribution >= 0.6 is 0 Å². The van der Waals surface area contributed by atoms with Gasteiger partial charge in [-0.05, 0) is 19.1 Å². The fraction of sp³-hybridized carbons (Fsp3) is 0.357. The SMILES string of the molecule is C[C@@H](c1cnn(C)c1)N(C)C(=O)c1cccnc1C(F)(F)F. The summed E-state index contributed by atoms with van der Waals surface area (Å²) < 4.78 is 40.4. The maximum absolute atomic E-state index is 13.0. The van der Waals surface area contributed by atoms with Crippen LogP contribution in [-0.2, 0) is 13.2 Å². The van der Waals surface area contributed by atoms with Crippen molar-refractivity contribution in [3.63, 3.8) is 0 Å². The molecule has 0 radical (unpaired) electrons. The second-order valence-corrected chi connectivity index (χ2v) is 4.94. The van der Waals surface area contributed by atoms with Crippen LogP contribution in [0.15, 0.2) is 30.7 Å². The molecule has 0 aliphatic carbocycles. The van der Waals surface area contributed by atoms with Gasteiger partial charge in [-0.25, -0.2) is 0 Å². The van der Waals surface area contributed by atoms with Gasteiger partial charge in [0, 0.05) is 32.1 Å². The summed E-state index contributed by atoms with van der Waals surface area (Å²) in [7, 11) is 3.17. The molecule has 1 atom stereocenters. The molecular formula is C14H15F3N4O. The van der Waals surface area contributed by atoms with Gasteiger partial charge >= 0.3 is 6.18 Å². The van der Waals surface area contributed by atoms with Gasteiger partial charge in [0.25, 0.3) is 5.91 Å². The Morgan fingerprint density at radius 3 is 2.64 bits per heavy atom. The van der Waals surface area contributed by atoms with Gasteiger partial charge in [-0.1, -0.05) is 0 Å². The van der Waals surface area contributed by atoms with Gasteiger partial charge in [-0.3, -0.25) is 14.5 Å². The number of alkyl halides is 3. The normalized spacial score (nSPS) is 13.0. The van der Waals surface area contributed by atoms with Gasteiger partial charge in [-0.2, -0.15) is 18.3 Å². The Hall–Kier alpha value is -2.38. The Labute approximate surface area is 125 Å². The van der Waals surface area contributed by atoms with Crippen molar-refractivity contribution in [3.8, 4) is 0 Å². The van der Waals surface area contributed by atoms with E-state index in [9.17, 15) is 18.0 Å². The molecule has 8 heteroatoms. The van der Waals surface area contributed by atoms with Crippen molar-refractivity contribution in [1.29, 1.82) is 0 Å². The number of nitrogens with zero attached hydrogens (tertiary/aromatic N) is 4. The third kappa shape index (κ3) is 3.10. The average Bonchev–Trinajstić information content (AvgIpc) is 2.90. The molecule has 0 aliphatic heterocycles. The van der Waals surface area contributed by atoms with Crippen LogP contribution in [0, 0.1) is 0 Å². The van der Waals surface area contributed by atoms with Crippen molar-refractivity contribution >= 4 is 5.91 Å². The van der Waals surface area contributed by atoms with E-state index in [0.29, 0.717) is 0 Å². The standard InChI is InChI=1S/C14H15F3N4O/c1-9(10-7-19-20(2)8-10)21(3)13(22)11-5-4-6-18-12(11)14(15,16)17/h4-9H,1-3H3/t9-/m0/s1. The van der Waals surface area contributed by atoms with Gasteiger partial charge in [-0.15, -0.1) is 0 Å². The molecular weight excluding hydrogens is 297 g/mol. The summed E-state index contributed by atoms with van der Waals surface area (Å²) in [6.45, 7) is 1.72. The predicted octanol–water partition coefficient (Wildman–Crippen LogP) is 2.67. The van der Waals surface area contributed by atoms with Gasteiger partial charge < -0.3 is 4.90 Å². The van der Waals surface area contributed by atoms with Crippen LogP contribution in [0.1, 0.15) is 34.6 Å². The Morgan fingerprint density at radius 1 is 1.41 bits per heavy atom. The first-order chi connectivity index (χ1) is 10.2. The highest BCUT2D eigenvalue weighted by atomic mass is 19.4. The lowest BCUT2D eigenvalue weighted by Crippen LogP contribution is -2.31. The van der Waals surface area contributed by atoms with E-state index in [4.69, 9.17) is 0 Å². The lowest BCUT2D eigenvalue weighted by molar-refractivity contribution is -0.141. The first-order valence-electron chi connectivity index (χ1n) is 6.49. The molecule has 0 saturated heterocycles. The molecule has 1 amide bonds. The van der Waals surface area contributed by atoms with Crippen molar-refractivity contribution in [2.75, 3.05) is 7.05 Å². The molecule has 5 nitrogen and oxygen atoms in total. The number of pyridine rings is 1. The summed E-state index contributed by atoms with van der Waals surface area (Å²) in [5.74, 6) is -0.739. The lowest BCUT2D eigenvalue weighted by atomic mass is 10.1. The molecule has 0 aromatic carbocycles. The summed E-state index contributed by atoms with van der Waals surface area (Å²) >= 11 is 0. The maximum Gasteiger partial charge on any atom is 0.434 e. The van der Waals surface area contributed by atoms with Crippen LogP contribution in [0.25, 0.3) is 0 Å².